The van der Waals surface area contributed by atoms with E-state index >= 15 is 0 Å². The van der Waals surface area contributed by atoms with Crippen molar-refractivity contribution in [1.29, 1.82) is 0 Å². The summed E-state index contributed by atoms with van der Waals surface area (Å²) in [7, 11) is 0. The molecule has 2 rings (SSSR count). The van der Waals surface area contributed by atoms with Crippen LogP contribution in [0.15, 0.2) is 0 Å². The van der Waals surface area contributed by atoms with E-state index in [0.717, 1.165) is 31.8 Å². The van der Waals surface area contributed by atoms with Crippen LogP contribution in [0.5, 0.6) is 0 Å². The maximum atomic E-state index is 11.5. The van der Waals surface area contributed by atoms with Crippen LogP contribution in [0.1, 0.15) is 46.5 Å². The number of nitrogens with two attached hydrogens (primary N) is 1. The van der Waals surface area contributed by atoms with Gasteiger partial charge in [-0.15, -0.1) is 0 Å². The quantitative estimate of drug-likeness (QED) is 0.733. The smallest absolute Gasteiger partial charge is 0.222 e. The molecule has 1 aliphatic heterocycles. The number of rotatable bonds is 1. The molecule has 1 saturated carbocycles. The SMILES string of the molecule is CC(C)(C)C1CCC2(CC1)CNCC2C(N)=O. The highest BCUT2D eigenvalue weighted by Crippen LogP contribution is 2.50. The molecule has 98 valence electrons. The molecular weight excluding hydrogens is 212 g/mol. The third kappa shape index (κ3) is 2.35. The average Bonchev–Trinajstić information content (AvgIpc) is 2.61. The molecule has 3 N–H and O–H groups in total. The van der Waals surface area contributed by atoms with Gasteiger partial charge in [0.15, 0.2) is 0 Å². The van der Waals surface area contributed by atoms with Gasteiger partial charge in [-0.25, -0.2) is 0 Å². The lowest BCUT2D eigenvalue weighted by Gasteiger charge is -2.44. The number of hydrogen-bond donors (Lipinski definition) is 2. The molecule has 2 fully saturated rings. The summed E-state index contributed by atoms with van der Waals surface area (Å²) in [6, 6.07) is 0. The molecular formula is C14H26N2O. The fourth-order valence-corrected chi connectivity index (χ4v) is 3.79. The number of carbonyl (C=O) groups is 1. The van der Waals surface area contributed by atoms with E-state index < -0.39 is 0 Å². The Morgan fingerprint density at radius 1 is 1.29 bits per heavy atom. The molecule has 3 heteroatoms. The standard InChI is InChI=1S/C14H26N2O/c1-13(2,3)10-4-6-14(7-5-10)9-16-8-11(14)12(15)17/h10-11,16H,4-9H2,1-3H3,(H2,15,17). The van der Waals surface area contributed by atoms with E-state index in [4.69, 9.17) is 5.73 Å². The van der Waals surface area contributed by atoms with Gasteiger partial charge in [0, 0.05) is 13.1 Å². The second kappa shape index (κ2) is 4.27. The van der Waals surface area contributed by atoms with E-state index in [1.807, 2.05) is 0 Å². The van der Waals surface area contributed by atoms with Crippen molar-refractivity contribution in [3.05, 3.63) is 0 Å². The molecule has 3 nitrogen and oxygen atoms in total. The first-order valence-electron chi connectivity index (χ1n) is 6.85. The first kappa shape index (κ1) is 12.9. The Balaban J connectivity index is 2.04. The van der Waals surface area contributed by atoms with Crippen LogP contribution in [0.4, 0.5) is 0 Å². The lowest BCUT2D eigenvalue weighted by atomic mass is 9.61. The number of nitrogens with one attached hydrogen (secondary N) is 1. The first-order valence-corrected chi connectivity index (χ1v) is 6.85. The monoisotopic (exact) mass is 238 g/mol. The highest BCUT2D eigenvalue weighted by atomic mass is 16.1. The zero-order valence-corrected chi connectivity index (χ0v) is 11.4. The van der Waals surface area contributed by atoms with E-state index in [9.17, 15) is 4.79 Å². The van der Waals surface area contributed by atoms with Crippen molar-refractivity contribution in [3.63, 3.8) is 0 Å². The van der Waals surface area contributed by atoms with Gasteiger partial charge in [-0.05, 0) is 42.4 Å². The molecule has 0 aromatic rings. The van der Waals surface area contributed by atoms with Crippen LogP contribution in [0.3, 0.4) is 0 Å². The molecule has 0 aromatic carbocycles. The molecule has 0 radical (unpaired) electrons. The van der Waals surface area contributed by atoms with Crippen LogP contribution >= 0.6 is 0 Å². The molecule has 1 heterocycles. The fourth-order valence-electron chi connectivity index (χ4n) is 3.79. The number of primary amides is 1. The Labute approximate surface area is 105 Å². The fraction of sp³-hybridized carbons (Fsp3) is 0.929. The number of amides is 1. The van der Waals surface area contributed by atoms with E-state index in [0.29, 0.717) is 5.41 Å². The molecule has 1 amide bonds. The molecule has 1 unspecified atom stereocenters. The zero-order chi connectivity index (χ0) is 12.7. The van der Waals surface area contributed by atoms with Gasteiger partial charge in [0.2, 0.25) is 5.91 Å². The molecule has 1 saturated heterocycles. The van der Waals surface area contributed by atoms with Crippen molar-refractivity contribution in [3.8, 4) is 0 Å². The third-order valence-electron chi connectivity index (χ3n) is 5.11. The summed E-state index contributed by atoms with van der Waals surface area (Å²) < 4.78 is 0. The Bertz CT molecular complexity index is 298. The molecule has 2 aliphatic rings. The Morgan fingerprint density at radius 3 is 2.35 bits per heavy atom. The van der Waals surface area contributed by atoms with Crippen LogP contribution < -0.4 is 11.1 Å². The summed E-state index contributed by atoms with van der Waals surface area (Å²) in [4.78, 5) is 11.5. The summed E-state index contributed by atoms with van der Waals surface area (Å²) in [5, 5.41) is 3.37. The third-order valence-corrected chi connectivity index (χ3v) is 5.11. The van der Waals surface area contributed by atoms with Gasteiger partial charge in [0.25, 0.3) is 0 Å². The minimum Gasteiger partial charge on any atom is -0.369 e. The topological polar surface area (TPSA) is 55.1 Å². The lowest BCUT2D eigenvalue weighted by molar-refractivity contribution is -0.125. The van der Waals surface area contributed by atoms with Gasteiger partial charge in [-0.3, -0.25) is 4.79 Å². The highest BCUT2D eigenvalue weighted by Gasteiger charge is 2.48. The highest BCUT2D eigenvalue weighted by molar-refractivity contribution is 5.78. The largest absolute Gasteiger partial charge is 0.369 e. The van der Waals surface area contributed by atoms with Gasteiger partial charge in [-0.2, -0.15) is 0 Å². The Morgan fingerprint density at radius 2 is 1.88 bits per heavy atom. The molecule has 0 bridgehead atoms. The van der Waals surface area contributed by atoms with Crippen molar-refractivity contribution in [2.45, 2.75) is 46.5 Å². The van der Waals surface area contributed by atoms with Crippen LogP contribution in [0.2, 0.25) is 0 Å². The van der Waals surface area contributed by atoms with Crippen molar-refractivity contribution >= 4 is 5.91 Å². The Hall–Kier alpha value is -0.570. The normalized spacial score (nSPS) is 38.5. The van der Waals surface area contributed by atoms with Crippen LogP contribution in [0.25, 0.3) is 0 Å². The molecule has 1 atom stereocenters. The second-order valence-electron chi connectivity index (χ2n) is 7.09. The van der Waals surface area contributed by atoms with Crippen LogP contribution in [-0.4, -0.2) is 19.0 Å². The zero-order valence-electron chi connectivity index (χ0n) is 11.4. The Kier molecular flexibility index (Phi) is 3.23. The predicted molar refractivity (Wildman–Crippen MR) is 69.4 cm³/mol. The van der Waals surface area contributed by atoms with Crippen LogP contribution in [-0.2, 0) is 4.79 Å². The van der Waals surface area contributed by atoms with E-state index in [-0.39, 0.29) is 17.2 Å². The summed E-state index contributed by atoms with van der Waals surface area (Å²) in [6.07, 6.45) is 4.81. The number of carbonyl (C=O) groups excluding carboxylic acids is 1. The van der Waals surface area contributed by atoms with Gasteiger partial charge in [0.1, 0.15) is 0 Å². The van der Waals surface area contributed by atoms with Crippen molar-refractivity contribution in [1.82, 2.24) is 5.32 Å². The van der Waals surface area contributed by atoms with Crippen molar-refractivity contribution < 1.29 is 4.79 Å². The van der Waals surface area contributed by atoms with Gasteiger partial charge < -0.3 is 11.1 Å². The summed E-state index contributed by atoms with van der Waals surface area (Å²) in [6.45, 7) is 8.75. The minimum atomic E-state index is -0.107. The summed E-state index contributed by atoms with van der Waals surface area (Å²) in [5.74, 6) is 0.745. The van der Waals surface area contributed by atoms with E-state index in [1.165, 1.54) is 12.8 Å². The summed E-state index contributed by atoms with van der Waals surface area (Å²) in [5.41, 5.74) is 6.12. The summed E-state index contributed by atoms with van der Waals surface area (Å²) >= 11 is 0. The first-order chi connectivity index (χ1) is 7.85. The maximum Gasteiger partial charge on any atom is 0.222 e. The van der Waals surface area contributed by atoms with Crippen molar-refractivity contribution in [2.75, 3.05) is 13.1 Å². The van der Waals surface area contributed by atoms with Gasteiger partial charge >= 0.3 is 0 Å². The van der Waals surface area contributed by atoms with Gasteiger partial charge in [0.05, 0.1) is 5.92 Å². The van der Waals surface area contributed by atoms with Crippen LogP contribution in [0, 0.1) is 22.7 Å². The molecule has 1 aliphatic carbocycles. The molecule has 1 spiro atoms. The average molecular weight is 238 g/mol. The van der Waals surface area contributed by atoms with Gasteiger partial charge in [-0.1, -0.05) is 20.8 Å². The maximum absolute atomic E-state index is 11.5. The van der Waals surface area contributed by atoms with E-state index in [1.54, 1.807) is 0 Å². The van der Waals surface area contributed by atoms with E-state index in [2.05, 4.69) is 26.1 Å². The molecule has 0 aromatic heterocycles. The lowest BCUT2D eigenvalue weighted by Crippen LogP contribution is -2.42. The van der Waals surface area contributed by atoms with Crippen molar-refractivity contribution in [2.24, 2.45) is 28.4 Å². The molecule has 17 heavy (non-hydrogen) atoms. The predicted octanol–water partition coefficient (Wildman–Crippen LogP) is 1.91. The second-order valence-corrected chi connectivity index (χ2v) is 7.09. The number of hydrogen-bond acceptors (Lipinski definition) is 2. The minimum absolute atomic E-state index is 0.0587.